The van der Waals surface area contributed by atoms with Gasteiger partial charge in [0, 0.05) is 18.3 Å². The number of hydrogen-bond donors (Lipinski definition) is 0. The molecule has 1 aliphatic heterocycles. The van der Waals surface area contributed by atoms with Crippen LogP contribution in [0.25, 0.3) is 0 Å². The molecule has 1 unspecified atom stereocenters. The molecule has 0 aromatic rings. The quantitative estimate of drug-likeness (QED) is 0.544. The van der Waals surface area contributed by atoms with Crippen LogP contribution in [0.2, 0.25) is 0 Å². The fraction of sp³-hybridized carbons (Fsp3) is 1.00. The smallest absolute Gasteiger partial charge is 0.154 e. The van der Waals surface area contributed by atoms with Gasteiger partial charge in [-0.05, 0) is 32.6 Å². The summed E-state index contributed by atoms with van der Waals surface area (Å²) in [6.07, 6.45) is 6.74. The Kier molecular flexibility index (Phi) is 1.63. The molecule has 0 spiro atoms. The van der Waals surface area contributed by atoms with Crippen LogP contribution in [0, 0.1) is 17.8 Å². The first-order valence-corrected chi connectivity index (χ1v) is 7.04. The molecule has 2 heteroatoms. The first-order chi connectivity index (χ1) is 6.08. The van der Waals surface area contributed by atoms with Crippen LogP contribution in [0.5, 0.6) is 0 Å². The van der Waals surface area contributed by atoms with Crippen LogP contribution in [0.1, 0.15) is 33.1 Å². The average molecular weight is 199 g/mol. The predicted octanol–water partition coefficient (Wildman–Crippen LogP) is 2.37. The van der Waals surface area contributed by atoms with E-state index in [-0.39, 0.29) is 16.8 Å². The molecule has 1 nitrogen and oxygen atoms in total. The highest BCUT2D eigenvalue weighted by atomic mass is 32.2. The van der Waals surface area contributed by atoms with Gasteiger partial charge in [0.15, 0.2) is 5.25 Å². The molecule has 1 saturated heterocycles. The van der Waals surface area contributed by atoms with E-state index < -0.39 is 0 Å². The Morgan fingerprint density at radius 3 is 2.69 bits per heavy atom. The fourth-order valence-corrected chi connectivity index (χ4v) is 6.19. The summed E-state index contributed by atoms with van der Waals surface area (Å²) in [6, 6.07) is 0. The summed E-state index contributed by atoms with van der Waals surface area (Å²) in [5.74, 6) is 2.94. The summed E-state index contributed by atoms with van der Waals surface area (Å²) < 4.78 is 6.17. The zero-order valence-electron chi connectivity index (χ0n) is 8.75. The Morgan fingerprint density at radius 1 is 1.23 bits per heavy atom. The van der Waals surface area contributed by atoms with Crippen LogP contribution in [-0.2, 0) is 15.4 Å². The highest BCUT2D eigenvalue weighted by Gasteiger charge is 2.63. The molecule has 3 fully saturated rings. The van der Waals surface area contributed by atoms with Crippen LogP contribution in [0.15, 0.2) is 0 Å². The summed E-state index contributed by atoms with van der Waals surface area (Å²) in [5, 5.41) is 0.928. The third-order valence-corrected chi connectivity index (χ3v) is 6.51. The third kappa shape index (κ3) is 1.05. The zero-order valence-corrected chi connectivity index (χ0v) is 9.56. The standard InChI is InChI=1S/C11H19OS/c1-11(2)9-5-7-4-8(9)10(6-7)13(3)12-11/h7-10H,4-6H2,1-3H3/q+1/t7-,8+,9-,10+,13?/m0/s1. The topological polar surface area (TPSA) is 9.23 Å². The van der Waals surface area contributed by atoms with Crippen LogP contribution in [0.4, 0.5) is 0 Å². The molecule has 1 heterocycles. The summed E-state index contributed by atoms with van der Waals surface area (Å²) >= 11 is 0.245. The summed E-state index contributed by atoms with van der Waals surface area (Å²) in [5.41, 5.74) is 0.175. The maximum Gasteiger partial charge on any atom is 0.154 e. The van der Waals surface area contributed by atoms with Gasteiger partial charge >= 0.3 is 0 Å². The van der Waals surface area contributed by atoms with E-state index >= 15 is 0 Å². The zero-order chi connectivity index (χ0) is 9.22. The van der Waals surface area contributed by atoms with Gasteiger partial charge in [0.1, 0.15) is 23.0 Å². The predicted molar refractivity (Wildman–Crippen MR) is 56.6 cm³/mol. The van der Waals surface area contributed by atoms with Crippen molar-refractivity contribution < 1.29 is 4.18 Å². The molecule has 0 aromatic carbocycles. The molecule has 2 aliphatic carbocycles. The van der Waals surface area contributed by atoms with E-state index in [0.717, 1.165) is 23.0 Å². The van der Waals surface area contributed by atoms with E-state index in [1.807, 2.05) is 0 Å². The fourth-order valence-electron chi connectivity index (χ4n) is 3.93. The molecular weight excluding hydrogens is 180 g/mol. The highest BCUT2D eigenvalue weighted by molar-refractivity contribution is 7.92. The Bertz CT molecular complexity index is 238. The largest absolute Gasteiger partial charge is 0.168 e. The molecular formula is C11H19OS+. The summed E-state index contributed by atoms with van der Waals surface area (Å²) in [6.45, 7) is 4.61. The molecule has 2 bridgehead atoms. The molecule has 0 radical (unpaired) electrons. The lowest BCUT2D eigenvalue weighted by Crippen LogP contribution is -2.51. The second-order valence-electron chi connectivity index (χ2n) is 5.57. The SMILES string of the molecule is C[S+]1OC(C)(C)[C@H]2C[C@@H]3C[C@H]2[C@H]1C3. The van der Waals surface area contributed by atoms with E-state index in [1.165, 1.54) is 19.3 Å². The maximum atomic E-state index is 6.17. The van der Waals surface area contributed by atoms with E-state index in [9.17, 15) is 0 Å². The summed E-state index contributed by atoms with van der Waals surface area (Å²) in [4.78, 5) is 0. The van der Waals surface area contributed by atoms with Crippen molar-refractivity contribution in [3.8, 4) is 0 Å². The lowest BCUT2D eigenvalue weighted by Gasteiger charge is -2.42. The second-order valence-corrected chi connectivity index (χ2v) is 7.34. The number of hydrogen-bond acceptors (Lipinski definition) is 1. The molecule has 0 N–H and O–H groups in total. The van der Waals surface area contributed by atoms with Gasteiger partial charge in [-0.25, -0.2) is 0 Å². The molecule has 13 heavy (non-hydrogen) atoms. The molecule has 5 atom stereocenters. The third-order valence-electron chi connectivity index (χ3n) is 4.42. The van der Waals surface area contributed by atoms with Gasteiger partial charge in [-0.2, -0.15) is 4.18 Å². The van der Waals surface area contributed by atoms with E-state index in [4.69, 9.17) is 4.18 Å². The Labute approximate surface area is 83.8 Å². The number of fused-ring (bicyclic) bond motifs is 1. The van der Waals surface area contributed by atoms with Gasteiger partial charge in [-0.15, -0.1) is 0 Å². The van der Waals surface area contributed by atoms with Gasteiger partial charge in [0.2, 0.25) is 0 Å². The van der Waals surface area contributed by atoms with Crippen molar-refractivity contribution in [2.45, 2.75) is 44.0 Å². The first kappa shape index (κ1) is 8.60. The lowest BCUT2D eigenvalue weighted by molar-refractivity contribution is 0.0100. The minimum atomic E-state index is 0.175. The van der Waals surface area contributed by atoms with E-state index in [2.05, 4.69) is 20.1 Å². The monoisotopic (exact) mass is 199 g/mol. The molecule has 3 aliphatic rings. The molecule has 0 amide bonds. The first-order valence-electron chi connectivity index (χ1n) is 5.42. The van der Waals surface area contributed by atoms with Crippen molar-refractivity contribution in [1.82, 2.24) is 0 Å². The van der Waals surface area contributed by atoms with Gasteiger partial charge < -0.3 is 0 Å². The minimum absolute atomic E-state index is 0.175. The number of rotatable bonds is 0. The van der Waals surface area contributed by atoms with Crippen molar-refractivity contribution in [2.75, 3.05) is 6.26 Å². The van der Waals surface area contributed by atoms with Crippen LogP contribution >= 0.6 is 0 Å². The van der Waals surface area contributed by atoms with Crippen molar-refractivity contribution in [3.63, 3.8) is 0 Å². The summed E-state index contributed by atoms with van der Waals surface area (Å²) in [7, 11) is 0. The van der Waals surface area contributed by atoms with Crippen LogP contribution in [-0.4, -0.2) is 17.1 Å². The Balaban J connectivity index is 1.95. The van der Waals surface area contributed by atoms with Gasteiger partial charge in [-0.1, -0.05) is 0 Å². The second kappa shape index (κ2) is 2.46. The van der Waals surface area contributed by atoms with Crippen molar-refractivity contribution in [3.05, 3.63) is 0 Å². The molecule has 74 valence electrons. The van der Waals surface area contributed by atoms with E-state index in [1.54, 1.807) is 0 Å². The van der Waals surface area contributed by atoms with Crippen LogP contribution in [0.3, 0.4) is 0 Å². The van der Waals surface area contributed by atoms with Gasteiger partial charge in [0.05, 0.1) is 0 Å². The molecule has 0 aromatic heterocycles. The van der Waals surface area contributed by atoms with Gasteiger partial charge in [-0.3, -0.25) is 0 Å². The Hall–Kier alpha value is 0.310. The van der Waals surface area contributed by atoms with Gasteiger partial charge in [0.25, 0.3) is 0 Å². The average Bonchev–Trinajstić information content (AvgIpc) is 2.58. The van der Waals surface area contributed by atoms with Crippen molar-refractivity contribution >= 4 is 11.2 Å². The normalized spacial score (nSPS) is 57.0. The van der Waals surface area contributed by atoms with Crippen molar-refractivity contribution in [2.24, 2.45) is 17.8 Å². The van der Waals surface area contributed by atoms with Crippen molar-refractivity contribution in [1.29, 1.82) is 0 Å². The van der Waals surface area contributed by atoms with E-state index in [0.29, 0.717) is 0 Å². The van der Waals surface area contributed by atoms with Crippen LogP contribution < -0.4 is 0 Å². The molecule has 2 saturated carbocycles. The maximum absolute atomic E-state index is 6.17. The molecule has 3 rings (SSSR count). The Morgan fingerprint density at radius 2 is 2.00 bits per heavy atom. The highest BCUT2D eigenvalue weighted by Crippen LogP contribution is 2.58. The lowest BCUT2D eigenvalue weighted by atomic mass is 9.78. The minimum Gasteiger partial charge on any atom is -0.168 e.